The molecule has 180 valence electrons. The van der Waals surface area contributed by atoms with Gasteiger partial charge in [0.15, 0.2) is 6.61 Å². The Morgan fingerprint density at radius 1 is 1.19 bits per heavy atom. The van der Waals surface area contributed by atoms with Gasteiger partial charge in [-0.3, -0.25) is 0 Å². The van der Waals surface area contributed by atoms with Crippen LogP contribution in [0.5, 0.6) is 5.75 Å². The SMILES string of the molecule is CCN(CC)S(=O)(=O)c1ccc(O)c(C(=O)OCC(=O)O[C@@H]2C[C@H](C)CC[C@H]2C(C)C)c1. The number of esters is 2. The molecule has 32 heavy (non-hydrogen) atoms. The maximum atomic E-state index is 12.7. The number of nitrogens with zero attached hydrogens (tertiary/aromatic N) is 1. The van der Waals surface area contributed by atoms with Crippen LogP contribution >= 0.6 is 0 Å². The third-order valence-electron chi connectivity index (χ3n) is 6.10. The standard InChI is InChI=1S/C23H35NO7S/c1-6-24(7-2)32(28,29)17-9-11-20(25)19(13-17)23(27)30-14-22(26)31-21-12-16(5)8-10-18(21)15(3)4/h9,11,13,15-16,18,21,25H,6-8,10,12,14H2,1-5H3/t16-,18+,21-/m1/s1. The van der Waals surface area contributed by atoms with Crippen molar-refractivity contribution in [1.29, 1.82) is 0 Å². The van der Waals surface area contributed by atoms with Gasteiger partial charge in [-0.25, -0.2) is 18.0 Å². The summed E-state index contributed by atoms with van der Waals surface area (Å²) in [5, 5.41) is 10.0. The number of phenols is 1. The average Bonchev–Trinajstić information content (AvgIpc) is 2.72. The van der Waals surface area contributed by atoms with Crippen LogP contribution in [0.15, 0.2) is 23.1 Å². The van der Waals surface area contributed by atoms with Gasteiger partial charge in [-0.15, -0.1) is 0 Å². The van der Waals surface area contributed by atoms with Crippen LogP contribution in [0, 0.1) is 17.8 Å². The molecule has 0 spiro atoms. The fourth-order valence-electron chi connectivity index (χ4n) is 4.21. The molecule has 3 atom stereocenters. The molecule has 0 aliphatic heterocycles. The van der Waals surface area contributed by atoms with Crippen molar-refractivity contribution >= 4 is 22.0 Å². The average molecular weight is 470 g/mol. The van der Waals surface area contributed by atoms with Crippen LogP contribution in [0.1, 0.15) is 64.2 Å². The molecule has 0 amide bonds. The van der Waals surface area contributed by atoms with E-state index in [-0.39, 0.29) is 35.6 Å². The zero-order valence-corrected chi connectivity index (χ0v) is 20.4. The Balaban J connectivity index is 2.07. The summed E-state index contributed by atoms with van der Waals surface area (Å²) < 4.78 is 37.3. The summed E-state index contributed by atoms with van der Waals surface area (Å²) in [7, 11) is -3.82. The van der Waals surface area contributed by atoms with E-state index in [0.717, 1.165) is 31.4 Å². The van der Waals surface area contributed by atoms with E-state index in [4.69, 9.17) is 9.47 Å². The molecule has 0 unspecified atom stereocenters. The van der Waals surface area contributed by atoms with Crippen molar-refractivity contribution in [2.24, 2.45) is 17.8 Å². The van der Waals surface area contributed by atoms with E-state index in [9.17, 15) is 23.1 Å². The minimum absolute atomic E-state index is 0.135. The Kier molecular flexibility index (Phi) is 9.09. The lowest BCUT2D eigenvalue weighted by Gasteiger charge is -2.36. The molecule has 8 nitrogen and oxygen atoms in total. The first-order valence-corrected chi connectivity index (χ1v) is 12.6. The second-order valence-corrected chi connectivity index (χ2v) is 10.6. The topological polar surface area (TPSA) is 110 Å². The minimum atomic E-state index is -3.82. The summed E-state index contributed by atoms with van der Waals surface area (Å²) in [5.41, 5.74) is -0.322. The number of carbonyl (C=O) groups excluding carboxylic acids is 2. The molecule has 1 aromatic carbocycles. The molecule has 1 fully saturated rings. The van der Waals surface area contributed by atoms with E-state index in [0.29, 0.717) is 11.8 Å². The highest BCUT2D eigenvalue weighted by atomic mass is 32.2. The van der Waals surface area contributed by atoms with Gasteiger partial charge in [-0.1, -0.05) is 41.0 Å². The monoisotopic (exact) mass is 469 g/mol. The summed E-state index contributed by atoms with van der Waals surface area (Å²) in [5.74, 6) is -0.990. The van der Waals surface area contributed by atoms with Crippen LogP contribution in [0.4, 0.5) is 0 Å². The van der Waals surface area contributed by atoms with E-state index in [1.54, 1.807) is 13.8 Å². The normalized spacial score (nSPS) is 21.5. The van der Waals surface area contributed by atoms with Crippen molar-refractivity contribution in [2.45, 2.75) is 64.9 Å². The number of aromatic hydroxyl groups is 1. The summed E-state index contributed by atoms with van der Waals surface area (Å²) >= 11 is 0. The fraction of sp³-hybridized carbons (Fsp3) is 0.652. The van der Waals surface area contributed by atoms with E-state index in [1.807, 2.05) is 0 Å². The molecule has 0 aromatic heterocycles. The molecule has 1 aliphatic carbocycles. The van der Waals surface area contributed by atoms with Gasteiger partial charge in [0.05, 0.1) is 4.90 Å². The van der Waals surface area contributed by atoms with Gasteiger partial charge in [0.25, 0.3) is 0 Å². The molecule has 0 heterocycles. The first-order chi connectivity index (χ1) is 15.0. The molecule has 0 saturated heterocycles. The first kappa shape index (κ1) is 26.1. The van der Waals surface area contributed by atoms with Gasteiger partial charge in [0, 0.05) is 13.1 Å². The lowest BCUT2D eigenvalue weighted by Crippen LogP contribution is -2.36. The lowest BCUT2D eigenvalue weighted by atomic mass is 9.75. The number of benzene rings is 1. The smallest absolute Gasteiger partial charge is 0.344 e. The van der Waals surface area contributed by atoms with Crippen molar-refractivity contribution in [3.05, 3.63) is 23.8 Å². The Bertz CT molecular complexity index is 909. The van der Waals surface area contributed by atoms with Crippen LogP contribution < -0.4 is 0 Å². The zero-order chi connectivity index (χ0) is 24.1. The third kappa shape index (κ3) is 6.22. The summed E-state index contributed by atoms with van der Waals surface area (Å²) in [6.45, 7) is 9.66. The van der Waals surface area contributed by atoms with Crippen LogP contribution in [0.3, 0.4) is 0 Å². The van der Waals surface area contributed by atoms with Crippen molar-refractivity contribution in [2.75, 3.05) is 19.7 Å². The van der Waals surface area contributed by atoms with Gasteiger partial charge >= 0.3 is 11.9 Å². The fourth-order valence-corrected chi connectivity index (χ4v) is 5.69. The molecule has 1 N–H and O–H groups in total. The highest BCUT2D eigenvalue weighted by molar-refractivity contribution is 7.89. The van der Waals surface area contributed by atoms with Crippen molar-refractivity contribution in [3.8, 4) is 5.75 Å². The quantitative estimate of drug-likeness (QED) is 0.550. The predicted octanol–water partition coefficient (Wildman–Crippen LogP) is 3.58. The van der Waals surface area contributed by atoms with Crippen molar-refractivity contribution < 1.29 is 32.6 Å². The Morgan fingerprint density at radius 2 is 1.84 bits per heavy atom. The van der Waals surface area contributed by atoms with Crippen LogP contribution in [0.2, 0.25) is 0 Å². The van der Waals surface area contributed by atoms with Gasteiger partial charge in [-0.2, -0.15) is 4.31 Å². The molecule has 2 rings (SSSR count). The largest absolute Gasteiger partial charge is 0.507 e. The van der Waals surface area contributed by atoms with Crippen LogP contribution in [-0.4, -0.2) is 55.6 Å². The number of carbonyl (C=O) groups is 2. The lowest BCUT2D eigenvalue weighted by molar-refractivity contribution is -0.159. The Hall–Kier alpha value is -2.13. The molecule has 1 aliphatic rings. The number of phenolic OH excluding ortho intramolecular Hbond substituents is 1. The minimum Gasteiger partial charge on any atom is -0.507 e. The van der Waals surface area contributed by atoms with Crippen molar-refractivity contribution in [1.82, 2.24) is 4.31 Å². The molecular formula is C23H35NO7S. The highest BCUT2D eigenvalue weighted by Crippen LogP contribution is 2.35. The van der Waals surface area contributed by atoms with Crippen LogP contribution in [0.25, 0.3) is 0 Å². The summed E-state index contributed by atoms with van der Waals surface area (Å²) in [6.07, 6.45) is 2.63. The van der Waals surface area contributed by atoms with E-state index in [2.05, 4.69) is 20.8 Å². The molecule has 1 saturated carbocycles. The molecule has 0 radical (unpaired) electrons. The van der Waals surface area contributed by atoms with E-state index >= 15 is 0 Å². The highest BCUT2D eigenvalue weighted by Gasteiger charge is 2.33. The number of sulfonamides is 1. The molecule has 1 aromatic rings. The maximum absolute atomic E-state index is 12.7. The number of hydrogen-bond donors (Lipinski definition) is 1. The second kappa shape index (κ2) is 11.1. The summed E-state index contributed by atoms with van der Waals surface area (Å²) in [4.78, 5) is 24.7. The van der Waals surface area contributed by atoms with Gasteiger partial charge in [-0.05, 0) is 48.8 Å². The number of hydrogen-bond acceptors (Lipinski definition) is 7. The van der Waals surface area contributed by atoms with Crippen LogP contribution in [-0.2, 0) is 24.3 Å². The van der Waals surface area contributed by atoms with Crippen molar-refractivity contribution in [3.63, 3.8) is 0 Å². The molecule has 9 heteroatoms. The Morgan fingerprint density at radius 3 is 2.44 bits per heavy atom. The van der Waals surface area contributed by atoms with E-state index < -0.39 is 34.3 Å². The summed E-state index contributed by atoms with van der Waals surface area (Å²) in [6, 6.07) is 3.42. The zero-order valence-electron chi connectivity index (χ0n) is 19.5. The van der Waals surface area contributed by atoms with E-state index in [1.165, 1.54) is 10.4 Å². The van der Waals surface area contributed by atoms with Gasteiger partial charge < -0.3 is 14.6 Å². The predicted molar refractivity (Wildman–Crippen MR) is 120 cm³/mol. The first-order valence-electron chi connectivity index (χ1n) is 11.2. The molecular weight excluding hydrogens is 434 g/mol. The van der Waals surface area contributed by atoms with Gasteiger partial charge in [0.1, 0.15) is 17.4 Å². The molecule has 0 bridgehead atoms. The number of ether oxygens (including phenoxy) is 2. The Labute approximate surface area is 190 Å². The third-order valence-corrected chi connectivity index (χ3v) is 8.14. The number of rotatable bonds is 9. The second-order valence-electron chi connectivity index (χ2n) is 8.70. The van der Waals surface area contributed by atoms with Gasteiger partial charge in [0.2, 0.25) is 10.0 Å². The maximum Gasteiger partial charge on any atom is 0.344 e.